The Labute approximate surface area is 180 Å². The van der Waals surface area contributed by atoms with Gasteiger partial charge in [0.2, 0.25) is 0 Å². The number of methoxy groups -OCH3 is 1. The summed E-state index contributed by atoms with van der Waals surface area (Å²) in [6.45, 7) is 4.75. The second-order valence-electron chi connectivity index (χ2n) is 7.29. The highest BCUT2D eigenvalue weighted by Crippen LogP contribution is 2.26. The first kappa shape index (κ1) is 21.0. The second-order valence-corrected chi connectivity index (χ2v) is 10.0. The lowest BCUT2D eigenvalue weighted by Gasteiger charge is -2.33. The fourth-order valence-corrected chi connectivity index (χ4v) is 5.65. The van der Waals surface area contributed by atoms with Gasteiger partial charge in [-0.05, 0) is 31.2 Å². The number of aromatic nitrogens is 3. The van der Waals surface area contributed by atoms with Crippen molar-refractivity contribution in [1.82, 2.24) is 23.7 Å². The molecular formula is C20H25N5O3S2. The van der Waals surface area contributed by atoms with Crippen LogP contribution in [0.1, 0.15) is 11.5 Å². The van der Waals surface area contributed by atoms with Crippen LogP contribution in [-0.4, -0.2) is 65.4 Å². The van der Waals surface area contributed by atoms with Gasteiger partial charge in [-0.2, -0.15) is 4.31 Å². The summed E-state index contributed by atoms with van der Waals surface area (Å²) in [5.41, 5.74) is 2.07. The van der Waals surface area contributed by atoms with E-state index in [2.05, 4.69) is 15.3 Å². The lowest BCUT2D eigenvalue weighted by atomic mass is 10.2. The average Bonchev–Trinajstić information content (AvgIpc) is 3.35. The Morgan fingerprint density at radius 1 is 1.10 bits per heavy atom. The molecule has 160 valence electrons. The van der Waals surface area contributed by atoms with Crippen molar-refractivity contribution in [3.8, 4) is 16.3 Å². The van der Waals surface area contributed by atoms with Crippen LogP contribution in [0, 0.1) is 6.92 Å². The molecule has 1 saturated heterocycles. The summed E-state index contributed by atoms with van der Waals surface area (Å²) in [5, 5.41) is 3.17. The third-order valence-corrected chi connectivity index (χ3v) is 8.01. The van der Waals surface area contributed by atoms with Crippen molar-refractivity contribution >= 4 is 21.4 Å². The van der Waals surface area contributed by atoms with E-state index in [4.69, 9.17) is 9.72 Å². The van der Waals surface area contributed by atoms with E-state index in [1.807, 2.05) is 24.3 Å². The third-order valence-electron chi connectivity index (χ3n) is 5.30. The lowest BCUT2D eigenvalue weighted by Crippen LogP contribution is -2.48. The highest BCUT2D eigenvalue weighted by atomic mass is 32.2. The summed E-state index contributed by atoms with van der Waals surface area (Å²) >= 11 is 1.61. The number of benzene rings is 1. The molecule has 1 fully saturated rings. The molecule has 30 heavy (non-hydrogen) atoms. The smallest absolute Gasteiger partial charge is 0.262 e. The number of thiazole rings is 1. The molecule has 0 N–H and O–H groups in total. The van der Waals surface area contributed by atoms with E-state index < -0.39 is 10.0 Å². The van der Waals surface area contributed by atoms with Gasteiger partial charge in [0.25, 0.3) is 10.0 Å². The summed E-state index contributed by atoms with van der Waals surface area (Å²) in [7, 11) is -0.0961. The summed E-state index contributed by atoms with van der Waals surface area (Å²) in [4.78, 5) is 11.2. The van der Waals surface area contributed by atoms with Gasteiger partial charge in [0.1, 0.15) is 16.6 Å². The van der Waals surface area contributed by atoms with Crippen molar-refractivity contribution in [2.24, 2.45) is 7.05 Å². The molecule has 0 spiro atoms. The van der Waals surface area contributed by atoms with Gasteiger partial charge in [-0.3, -0.25) is 4.90 Å². The van der Waals surface area contributed by atoms with Crippen LogP contribution in [0.3, 0.4) is 0 Å². The fourth-order valence-electron chi connectivity index (χ4n) is 3.39. The quantitative estimate of drug-likeness (QED) is 0.577. The lowest BCUT2D eigenvalue weighted by molar-refractivity contribution is 0.180. The summed E-state index contributed by atoms with van der Waals surface area (Å²) in [6, 6.07) is 7.87. The van der Waals surface area contributed by atoms with E-state index in [9.17, 15) is 8.42 Å². The molecule has 0 radical (unpaired) electrons. The van der Waals surface area contributed by atoms with Crippen molar-refractivity contribution < 1.29 is 13.2 Å². The Morgan fingerprint density at radius 2 is 1.80 bits per heavy atom. The first-order chi connectivity index (χ1) is 14.4. The van der Waals surface area contributed by atoms with Crippen LogP contribution in [0.4, 0.5) is 0 Å². The zero-order valence-corrected chi connectivity index (χ0v) is 18.9. The van der Waals surface area contributed by atoms with Gasteiger partial charge in [0.05, 0.1) is 12.8 Å². The van der Waals surface area contributed by atoms with Gasteiger partial charge in [0, 0.05) is 56.9 Å². The molecule has 4 rings (SSSR count). The number of hydrogen-bond donors (Lipinski definition) is 0. The van der Waals surface area contributed by atoms with Crippen LogP contribution in [-0.2, 0) is 23.6 Å². The maximum atomic E-state index is 12.8. The van der Waals surface area contributed by atoms with Crippen LogP contribution in [0.5, 0.6) is 5.75 Å². The zero-order chi connectivity index (χ0) is 21.3. The van der Waals surface area contributed by atoms with Crippen molar-refractivity contribution in [3.63, 3.8) is 0 Å². The molecule has 10 heteroatoms. The predicted molar refractivity (Wildman–Crippen MR) is 116 cm³/mol. The maximum absolute atomic E-state index is 12.8. The molecule has 0 aliphatic carbocycles. The largest absolute Gasteiger partial charge is 0.497 e. The second kappa shape index (κ2) is 8.46. The van der Waals surface area contributed by atoms with Crippen LogP contribution in [0.2, 0.25) is 0 Å². The molecule has 1 aliphatic rings. The minimum atomic E-state index is -3.55. The third kappa shape index (κ3) is 4.27. The number of piperazine rings is 1. The normalized spacial score (nSPS) is 16.1. The molecule has 8 nitrogen and oxygen atoms in total. The molecular weight excluding hydrogens is 422 g/mol. The van der Waals surface area contributed by atoms with Crippen molar-refractivity contribution in [2.45, 2.75) is 18.5 Å². The highest BCUT2D eigenvalue weighted by Gasteiger charge is 2.30. The number of aryl methyl sites for hydroxylation is 2. The molecule has 0 atom stereocenters. The van der Waals surface area contributed by atoms with E-state index in [1.165, 1.54) is 4.31 Å². The SMILES string of the molecule is COc1ccc(-c2nc(CN3CCN(S(=O)(=O)c4cn(C)c(C)n4)CC3)cs2)cc1. The van der Waals surface area contributed by atoms with E-state index in [1.54, 1.807) is 43.2 Å². The van der Waals surface area contributed by atoms with Crippen LogP contribution in [0.25, 0.3) is 10.6 Å². The minimum absolute atomic E-state index is 0.125. The molecule has 0 saturated carbocycles. The van der Waals surface area contributed by atoms with Crippen LogP contribution < -0.4 is 4.74 Å². The summed E-state index contributed by atoms with van der Waals surface area (Å²) < 4.78 is 34.1. The highest BCUT2D eigenvalue weighted by molar-refractivity contribution is 7.89. The van der Waals surface area contributed by atoms with E-state index in [0.717, 1.165) is 22.0 Å². The number of nitrogens with zero attached hydrogens (tertiary/aromatic N) is 5. The van der Waals surface area contributed by atoms with Gasteiger partial charge >= 0.3 is 0 Å². The van der Waals surface area contributed by atoms with E-state index >= 15 is 0 Å². The van der Waals surface area contributed by atoms with Gasteiger partial charge in [-0.25, -0.2) is 18.4 Å². The minimum Gasteiger partial charge on any atom is -0.497 e. The number of ether oxygens (including phenoxy) is 1. The number of imidazole rings is 1. The summed E-state index contributed by atoms with van der Waals surface area (Å²) in [5.74, 6) is 1.51. The molecule has 1 aromatic carbocycles. The Hall–Kier alpha value is -2.27. The molecule has 0 amide bonds. The monoisotopic (exact) mass is 447 g/mol. The Kier molecular flexibility index (Phi) is 5.92. The molecule has 3 aromatic rings. The van der Waals surface area contributed by atoms with Gasteiger partial charge in [-0.1, -0.05) is 0 Å². The fraction of sp³-hybridized carbons (Fsp3) is 0.400. The average molecular weight is 448 g/mol. The molecule has 0 bridgehead atoms. The Morgan fingerprint density at radius 3 is 2.40 bits per heavy atom. The molecule has 3 heterocycles. The van der Waals surface area contributed by atoms with Crippen molar-refractivity contribution in [3.05, 3.63) is 47.4 Å². The van der Waals surface area contributed by atoms with E-state index in [-0.39, 0.29) is 5.03 Å². The standard InChI is InChI=1S/C20H25N5O3S2/c1-15-21-19(13-23(15)2)30(26,27)25-10-8-24(9-11-25)12-17-14-29-20(22-17)16-4-6-18(28-3)7-5-16/h4-7,13-14H,8-12H2,1-3H3. The maximum Gasteiger partial charge on any atom is 0.262 e. The van der Waals surface area contributed by atoms with Crippen LogP contribution in [0.15, 0.2) is 40.9 Å². The summed E-state index contributed by atoms with van der Waals surface area (Å²) in [6.07, 6.45) is 1.58. The predicted octanol–water partition coefficient (Wildman–Crippen LogP) is 2.37. The van der Waals surface area contributed by atoms with Gasteiger partial charge < -0.3 is 9.30 Å². The first-order valence-electron chi connectivity index (χ1n) is 9.68. The van der Waals surface area contributed by atoms with Crippen molar-refractivity contribution in [1.29, 1.82) is 0 Å². The van der Waals surface area contributed by atoms with Gasteiger partial charge in [0.15, 0.2) is 5.03 Å². The van der Waals surface area contributed by atoms with E-state index in [0.29, 0.717) is 38.5 Å². The molecule has 0 unspecified atom stereocenters. The van der Waals surface area contributed by atoms with Crippen molar-refractivity contribution in [2.75, 3.05) is 33.3 Å². The molecule has 1 aliphatic heterocycles. The topological polar surface area (TPSA) is 80.6 Å². The Bertz CT molecular complexity index is 1090. The number of hydrogen-bond acceptors (Lipinski definition) is 7. The Balaban J connectivity index is 1.36. The van der Waals surface area contributed by atoms with Gasteiger partial charge in [-0.15, -0.1) is 11.3 Å². The van der Waals surface area contributed by atoms with Crippen LogP contribution >= 0.6 is 11.3 Å². The number of sulfonamides is 1. The number of rotatable bonds is 6. The molecule has 2 aromatic heterocycles. The zero-order valence-electron chi connectivity index (χ0n) is 17.3. The first-order valence-corrected chi connectivity index (χ1v) is 12.0.